The summed E-state index contributed by atoms with van der Waals surface area (Å²) >= 11 is 1.35. The van der Waals surface area contributed by atoms with Gasteiger partial charge < -0.3 is 15.4 Å². The lowest BCUT2D eigenvalue weighted by Crippen LogP contribution is -2.19. The van der Waals surface area contributed by atoms with Crippen molar-refractivity contribution in [1.29, 1.82) is 0 Å². The Morgan fingerprint density at radius 3 is 2.35 bits per heavy atom. The van der Waals surface area contributed by atoms with Crippen molar-refractivity contribution in [2.24, 2.45) is 0 Å². The monoisotopic (exact) mass is 374 g/mol. The molecule has 6 nitrogen and oxygen atoms in total. The van der Waals surface area contributed by atoms with Gasteiger partial charge in [-0.25, -0.2) is 4.79 Å². The maximum absolute atomic E-state index is 12.5. The van der Waals surface area contributed by atoms with Crippen LogP contribution in [0.2, 0.25) is 0 Å². The molecule has 2 aromatic rings. The highest BCUT2D eigenvalue weighted by molar-refractivity contribution is 7.16. The Balaban J connectivity index is 2.16. The van der Waals surface area contributed by atoms with E-state index in [4.69, 9.17) is 4.74 Å². The fourth-order valence-electron chi connectivity index (χ4n) is 2.34. The van der Waals surface area contributed by atoms with Crippen LogP contribution in [0.25, 0.3) is 0 Å². The number of carbonyl (C=O) groups excluding carboxylic acids is 3. The van der Waals surface area contributed by atoms with E-state index < -0.39 is 5.97 Å². The van der Waals surface area contributed by atoms with Gasteiger partial charge in [-0.15, -0.1) is 11.3 Å². The van der Waals surface area contributed by atoms with Crippen LogP contribution < -0.4 is 10.6 Å². The van der Waals surface area contributed by atoms with E-state index in [1.165, 1.54) is 18.3 Å². The Morgan fingerprint density at radius 1 is 1.12 bits per heavy atom. The number of benzene rings is 1. The molecule has 0 radical (unpaired) electrons. The number of hydrogen-bond acceptors (Lipinski definition) is 5. The minimum Gasteiger partial charge on any atom is -0.462 e. The number of nitrogens with one attached hydrogen (secondary N) is 2. The topological polar surface area (TPSA) is 84.5 Å². The maximum atomic E-state index is 12.5. The predicted octanol–water partition coefficient (Wildman–Crippen LogP) is 3.43. The van der Waals surface area contributed by atoms with Gasteiger partial charge in [-0.2, -0.15) is 0 Å². The Kier molecular flexibility index (Phi) is 6.52. The molecule has 0 saturated heterocycles. The van der Waals surface area contributed by atoms with Crippen molar-refractivity contribution >= 4 is 34.1 Å². The van der Waals surface area contributed by atoms with Gasteiger partial charge in [-0.05, 0) is 44.0 Å². The Bertz CT molecular complexity index is 825. The molecule has 0 aliphatic heterocycles. The molecule has 0 atom stereocenters. The van der Waals surface area contributed by atoms with E-state index in [1.54, 1.807) is 31.2 Å². The van der Waals surface area contributed by atoms with E-state index in [0.717, 1.165) is 16.0 Å². The number of ether oxygens (including phenoxy) is 1. The fraction of sp³-hybridized carbons (Fsp3) is 0.316. The van der Waals surface area contributed by atoms with E-state index >= 15 is 0 Å². The highest BCUT2D eigenvalue weighted by Gasteiger charge is 2.22. The van der Waals surface area contributed by atoms with Crippen molar-refractivity contribution in [2.45, 2.75) is 34.2 Å². The first kappa shape index (κ1) is 19.7. The van der Waals surface area contributed by atoms with E-state index in [0.29, 0.717) is 22.7 Å². The van der Waals surface area contributed by atoms with Gasteiger partial charge in [-0.3, -0.25) is 9.59 Å². The second-order valence-electron chi connectivity index (χ2n) is 5.77. The molecule has 0 spiro atoms. The molecule has 0 aliphatic rings. The normalized spacial score (nSPS) is 10.3. The summed E-state index contributed by atoms with van der Waals surface area (Å²) in [7, 11) is 0. The lowest BCUT2D eigenvalue weighted by atomic mass is 10.1. The summed E-state index contributed by atoms with van der Waals surface area (Å²) in [4.78, 5) is 36.6. The van der Waals surface area contributed by atoms with Crippen LogP contribution in [-0.4, -0.2) is 24.4 Å². The van der Waals surface area contributed by atoms with Crippen molar-refractivity contribution in [3.05, 3.63) is 51.4 Å². The van der Waals surface area contributed by atoms with E-state index in [2.05, 4.69) is 10.6 Å². The molecule has 1 aromatic heterocycles. The van der Waals surface area contributed by atoms with Crippen LogP contribution in [0.15, 0.2) is 24.3 Å². The molecule has 1 heterocycles. The molecule has 0 aliphatic carbocycles. The van der Waals surface area contributed by atoms with Crippen LogP contribution in [0.3, 0.4) is 0 Å². The first-order valence-corrected chi connectivity index (χ1v) is 9.07. The molecule has 2 N–H and O–H groups in total. The van der Waals surface area contributed by atoms with Crippen LogP contribution in [0.1, 0.15) is 50.6 Å². The number of anilines is 1. The SMILES string of the molecule is CCOC(=O)c1c(NC(=O)c2ccc(CNC(C)=O)cc2)sc(C)c1C. The van der Waals surface area contributed by atoms with Gasteiger partial charge in [0.2, 0.25) is 5.91 Å². The third kappa shape index (κ3) is 4.70. The fourth-order valence-corrected chi connectivity index (χ4v) is 3.38. The van der Waals surface area contributed by atoms with Crippen LogP contribution in [0.5, 0.6) is 0 Å². The summed E-state index contributed by atoms with van der Waals surface area (Å²) in [5.41, 5.74) is 2.58. The average molecular weight is 374 g/mol. The zero-order valence-electron chi connectivity index (χ0n) is 15.3. The number of amides is 2. The van der Waals surface area contributed by atoms with Crippen LogP contribution in [-0.2, 0) is 16.1 Å². The molecule has 0 bridgehead atoms. The molecule has 26 heavy (non-hydrogen) atoms. The minimum atomic E-state index is -0.435. The summed E-state index contributed by atoms with van der Waals surface area (Å²) in [5.74, 6) is -0.847. The summed E-state index contributed by atoms with van der Waals surface area (Å²) in [6.07, 6.45) is 0. The van der Waals surface area contributed by atoms with Crippen molar-refractivity contribution in [3.8, 4) is 0 Å². The number of thiophene rings is 1. The standard InChI is InChI=1S/C19H22N2O4S/c1-5-25-19(24)16-11(2)12(3)26-18(16)21-17(23)15-8-6-14(7-9-15)10-20-13(4)22/h6-9H,5,10H2,1-4H3,(H,20,22)(H,21,23). The Hall–Kier alpha value is -2.67. The number of esters is 1. The van der Waals surface area contributed by atoms with Crippen LogP contribution in [0, 0.1) is 13.8 Å². The van der Waals surface area contributed by atoms with Crippen molar-refractivity contribution < 1.29 is 19.1 Å². The summed E-state index contributed by atoms with van der Waals surface area (Å²) in [6.45, 7) is 7.62. The van der Waals surface area contributed by atoms with Gasteiger partial charge in [-0.1, -0.05) is 12.1 Å². The largest absolute Gasteiger partial charge is 0.462 e. The number of aryl methyl sites for hydroxylation is 1. The Labute approximate surface area is 156 Å². The van der Waals surface area contributed by atoms with Gasteiger partial charge in [0, 0.05) is 23.9 Å². The van der Waals surface area contributed by atoms with Crippen LogP contribution >= 0.6 is 11.3 Å². The second-order valence-corrected chi connectivity index (χ2v) is 6.99. The quantitative estimate of drug-likeness (QED) is 0.759. The van der Waals surface area contributed by atoms with Gasteiger partial charge in [0.15, 0.2) is 0 Å². The number of hydrogen-bond donors (Lipinski definition) is 2. The highest BCUT2D eigenvalue weighted by atomic mass is 32.1. The van der Waals surface area contributed by atoms with Gasteiger partial charge >= 0.3 is 5.97 Å². The lowest BCUT2D eigenvalue weighted by Gasteiger charge is -2.08. The van der Waals surface area contributed by atoms with Crippen molar-refractivity contribution in [1.82, 2.24) is 5.32 Å². The molecular formula is C19H22N2O4S. The molecule has 1 aromatic carbocycles. The first-order chi connectivity index (χ1) is 12.3. The zero-order valence-corrected chi connectivity index (χ0v) is 16.1. The number of carbonyl (C=O) groups is 3. The third-order valence-corrected chi connectivity index (χ3v) is 4.97. The van der Waals surface area contributed by atoms with Gasteiger partial charge in [0.05, 0.1) is 12.2 Å². The zero-order chi connectivity index (χ0) is 19.3. The number of rotatable bonds is 6. The highest BCUT2D eigenvalue weighted by Crippen LogP contribution is 2.33. The lowest BCUT2D eigenvalue weighted by molar-refractivity contribution is -0.119. The molecule has 2 rings (SSSR count). The van der Waals surface area contributed by atoms with Crippen molar-refractivity contribution in [3.63, 3.8) is 0 Å². The average Bonchev–Trinajstić information content (AvgIpc) is 2.87. The summed E-state index contributed by atoms with van der Waals surface area (Å²) in [5, 5.41) is 6.00. The molecule has 0 unspecified atom stereocenters. The van der Waals surface area contributed by atoms with Crippen molar-refractivity contribution in [2.75, 3.05) is 11.9 Å². The van der Waals surface area contributed by atoms with Gasteiger partial charge in [0.1, 0.15) is 5.00 Å². The minimum absolute atomic E-state index is 0.109. The van der Waals surface area contributed by atoms with E-state index in [1.807, 2.05) is 13.8 Å². The molecule has 0 saturated carbocycles. The maximum Gasteiger partial charge on any atom is 0.341 e. The molecular weight excluding hydrogens is 352 g/mol. The molecule has 7 heteroatoms. The van der Waals surface area contributed by atoms with Crippen LogP contribution in [0.4, 0.5) is 5.00 Å². The predicted molar refractivity (Wildman–Crippen MR) is 102 cm³/mol. The van der Waals surface area contributed by atoms with E-state index in [-0.39, 0.29) is 18.4 Å². The molecule has 2 amide bonds. The summed E-state index contributed by atoms with van der Waals surface area (Å²) in [6, 6.07) is 6.93. The van der Waals surface area contributed by atoms with E-state index in [9.17, 15) is 14.4 Å². The third-order valence-electron chi connectivity index (χ3n) is 3.85. The summed E-state index contributed by atoms with van der Waals surface area (Å²) < 4.78 is 5.09. The Morgan fingerprint density at radius 2 is 1.77 bits per heavy atom. The molecule has 138 valence electrons. The van der Waals surface area contributed by atoms with Gasteiger partial charge in [0.25, 0.3) is 5.91 Å². The first-order valence-electron chi connectivity index (χ1n) is 8.25. The smallest absolute Gasteiger partial charge is 0.341 e. The second kappa shape index (κ2) is 8.62. The molecule has 0 fully saturated rings.